The van der Waals surface area contributed by atoms with Crippen LogP contribution in [-0.2, 0) is 0 Å². The summed E-state index contributed by atoms with van der Waals surface area (Å²) in [5, 5.41) is 17.7. The van der Waals surface area contributed by atoms with Crippen molar-refractivity contribution < 1.29 is 19.1 Å². The Morgan fingerprint density at radius 2 is 1.69 bits per heavy atom. The van der Waals surface area contributed by atoms with E-state index in [1.165, 1.54) is 6.07 Å². The van der Waals surface area contributed by atoms with Crippen LogP contribution in [0.25, 0.3) is 0 Å². The number of halogens is 1. The Labute approximate surface area is 149 Å². The first-order valence-corrected chi connectivity index (χ1v) is 8.07. The van der Waals surface area contributed by atoms with Gasteiger partial charge in [-0.1, -0.05) is 0 Å². The summed E-state index contributed by atoms with van der Waals surface area (Å²) in [5.74, 6) is -2.60. The number of amides is 1. The van der Waals surface area contributed by atoms with E-state index in [1.807, 2.05) is 12.1 Å². The first-order valence-electron chi connectivity index (χ1n) is 8.07. The summed E-state index contributed by atoms with van der Waals surface area (Å²) in [6, 6.07) is 12.7. The quantitative estimate of drug-likeness (QED) is 0.916. The summed E-state index contributed by atoms with van der Waals surface area (Å²) in [4.78, 5) is 27.1. The van der Waals surface area contributed by atoms with Gasteiger partial charge in [0.05, 0.1) is 17.2 Å². The molecule has 1 aliphatic heterocycles. The van der Waals surface area contributed by atoms with Crippen molar-refractivity contribution in [3.05, 3.63) is 65.0 Å². The number of anilines is 1. The minimum absolute atomic E-state index is 0.138. The number of nitrogens with zero attached hydrogens (tertiary/aromatic N) is 3. The van der Waals surface area contributed by atoms with Crippen molar-refractivity contribution in [3.8, 4) is 6.07 Å². The van der Waals surface area contributed by atoms with Crippen molar-refractivity contribution >= 4 is 17.6 Å². The molecule has 1 fully saturated rings. The molecule has 0 aromatic heterocycles. The van der Waals surface area contributed by atoms with Crippen LogP contribution >= 0.6 is 0 Å². The summed E-state index contributed by atoms with van der Waals surface area (Å²) >= 11 is 0. The normalized spacial score (nSPS) is 14.0. The number of carbonyl (C=O) groups excluding carboxylic acids is 1. The van der Waals surface area contributed by atoms with Gasteiger partial charge >= 0.3 is 5.97 Å². The third kappa shape index (κ3) is 3.49. The van der Waals surface area contributed by atoms with Gasteiger partial charge in [-0.2, -0.15) is 5.26 Å². The highest BCUT2D eigenvalue weighted by Gasteiger charge is 2.23. The molecule has 1 amide bonds. The second kappa shape index (κ2) is 7.23. The van der Waals surface area contributed by atoms with Crippen LogP contribution in [0.15, 0.2) is 42.5 Å². The fourth-order valence-corrected chi connectivity index (χ4v) is 2.92. The van der Waals surface area contributed by atoms with Crippen molar-refractivity contribution in [3.63, 3.8) is 0 Å². The van der Waals surface area contributed by atoms with E-state index >= 15 is 0 Å². The van der Waals surface area contributed by atoms with E-state index < -0.39 is 17.3 Å². The third-order valence-corrected chi connectivity index (χ3v) is 4.37. The molecule has 0 spiro atoms. The maximum atomic E-state index is 13.8. The smallest absolute Gasteiger partial charge is 0.338 e. The van der Waals surface area contributed by atoms with E-state index in [4.69, 9.17) is 10.4 Å². The molecular formula is C19H16FN3O3. The molecule has 0 saturated carbocycles. The lowest BCUT2D eigenvalue weighted by Crippen LogP contribution is -2.48. The summed E-state index contributed by atoms with van der Waals surface area (Å²) in [6.07, 6.45) is 0. The maximum Gasteiger partial charge on any atom is 0.338 e. The average Bonchev–Trinajstić information content (AvgIpc) is 2.67. The summed E-state index contributed by atoms with van der Waals surface area (Å²) in [6.45, 7) is 2.18. The molecule has 7 heteroatoms. The second-order valence-corrected chi connectivity index (χ2v) is 5.94. The number of hydrogen-bond acceptors (Lipinski definition) is 4. The van der Waals surface area contributed by atoms with E-state index in [2.05, 4.69) is 11.0 Å². The van der Waals surface area contributed by atoms with Gasteiger partial charge in [0.1, 0.15) is 5.82 Å². The molecule has 2 aromatic rings. The molecule has 3 rings (SSSR count). The Morgan fingerprint density at radius 1 is 1.04 bits per heavy atom. The fourth-order valence-electron chi connectivity index (χ4n) is 2.92. The molecule has 1 N–H and O–H groups in total. The molecule has 1 aliphatic rings. The minimum atomic E-state index is -1.36. The molecule has 2 aromatic carbocycles. The zero-order chi connectivity index (χ0) is 18.7. The van der Waals surface area contributed by atoms with Gasteiger partial charge in [0.2, 0.25) is 0 Å². The van der Waals surface area contributed by atoms with Gasteiger partial charge in [-0.05, 0) is 42.5 Å². The molecule has 132 valence electrons. The third-order valence-electron chi connectivity index (χ3n) is 4.37. The molecule has 0 aliphatic carbocycles. The lowest BCUT2D eigenvalue weighted by Gasteiger charge is -2.36. The first-order chi connectivity index (χ1) is 12.5. The van der Waals surface area contributed by atoms with Crippen molar-refractivity contribution in [2.45, 2.75) is 0 Å². The lowest BCUT2D eigenvalue weighted by atomic mass is 10.1. The zero-order valence-electron chi connectivity index (χ0n) is 13.9. The van der Waals surface area contributed by atoms with Gasteiger partial charge in [-0.15, -0.1) is 0 Å². The van der Waals surface area contributed by atoms with Gasteiger partial charge in [-0.3, -0.25) is 4.79 Å². The van der Waals surface area contributed by atoms with Crippen LogP contribution in [0.3, 0.4) is 0 Å². The predicted molar refractivity (Wildman–Crippen MR) is 92.6 cm³/mol. The predicted octanol–water partition coefficient (Wildman–Crippen LogP) is 2.36. The summed E-state index contributed by atoms with van der Waals surface area (Å²) in [5.41, 5.74) is 1.26. The highest BCUT2D eigenvalue weighted by Crippen LogP contribution is 2.19. The number of benzene rings is 2. The van der Waals surface area contributed by atoms with Crippen molar-refractivity contribution in [1.29, 1.82) is 5.26 Å². The van der Waals surface area contributed by atoms with Crippen LogP contribution < -0.4 is 4.90 Å². The van der Waals surface area contributed by atoms with Crippen LogP contribution in [-0.4, -0.2) is 48.1 Å². The van der Waals surface area contributed by atoms with Crippen molar-refractivity contribution in [1.82, 2.24) is 4.90 Å². The van der Waals surface area contributed by atoms with Crippen LogP contribution in [0.5, 0.6) is 0 Å². The molecule has 1 saturated heterocycles. The van der Waals surface area contributed by atoms with E-state index in [9.17, 15) is 14.0 Å². The van der Waals surface area contributed by atoms with E-state index in [1.54, 1.807) is 17.0 Å². The SMILES string of the molecule is N#Cc1ccc(N2CCN(C(=O)c3ccc(C(=O)O)c(F)c3)CC2)cc1. The van der Waals surface area contributed by atoms with Gasteiger partial charge < -0.3 is 14.9 Å². The molecule has 0 bridgehead atoms. The standard InChI is InChI=1S/C19H16FN3O3/c20-17-11-14(3-6-16(17)19(25)26)18(24)23-9-7-22(8-10-23)15-4-1-13(12-21)2-5-15/h1-6,11H,7-10H2,(H,25,26). The number of hydrogen-bond donors (Lipinski definition) is 1. The number of carbonyl (C=O) groups is 2. The number of nitriles is 1. The van der Waals surface area contributed by atoms with Crippen LogP contribution in [0.4, 0.5) is 10.1 Å². The number of rotatable bonds is 3. The molecule has 26 heavy (non-hydrogen) atoms. The van der Waals surface area contributed by atoms with E-state index in [0.717, 1.165) is 17.8 Å². The van der Waals surface area contributed by atoms with Gasteiger partial charge in [0.15, 0.2) is 0 Å². The highest BCUT2D eigenvalue weighted by molar-refractivity contribution is 5.96. The number of carboxylic acid groups (broad SMARTS) is 1. The Bertz CT molecular complexity index is 882. The summed E-state index contributed by atoms with van der Waals surface area (Å²) < 4.78 is 13.8. The van der Waals surface area contributed by atoms with Crippen molar-refractivity contribution in [2.75, 3.05) is 31.1 Å². The van der Waals surface area contributed by atoms with Crippen LogP contribution in [0.1, 0.15) is 26.3 Å². The van der Waals surface area contributed by atoms with Gasteiger partial charge in [0, 0.05) is 37.4 Å². The fraction of sp³-hybridized carbons (Fsp3) is 0.211. The Hall–Kier alpha value is -3.40. The topological polar surface area (TPSA) is 84.6 Å². The Balaban J connectivity index is 1.65. The number of carboxylic acids is 1. The first kappa shape index (κ1) is 17.4. The number of piperazine rings is 1. The largest absolute Gasteiger partial charge is 0.478 e. The Morgan fingerprint density at radius 3 is 2.23 bits per heavy atom. The molecule has 6 nitrogen and oxygen atoms in total. The lowest BCUT2D eigenvalue weighted by molar-refractivity contribution is 0.0688. The van der Waals surface area contributed by atoms with E-state index in [-0.39, 0.29) is 11.5 Å². The molecule has 0 atom stereocenters. The monoisotopic (exact) mass is 353 g/mol. The highest BCUT2D eigenvalue weighted by atomic mass is 19.1. The van der Waals surface area contributed by atoms with Crippen LogP contribution in [0.2, 0.25) is 0 Å². The van der Waals surface area contributed by atoms with Gasteiger partial charge in [-0.25, -0.2) is 9.18 Å². The van der Waals surface area contributed by atoms with Gasteiger partial charge in [0.25, 0.3) is 5.91 Å². The molecule has 0 unspecified atom stereocenters. The number of aromatic carboxylic acids is 1. The Kier molecular flexibility index (Phi) is 4.85. The van der Waals surface area contributed by atoms with Crippen molar-refractivity contribution in [2.24, 2.45) is 0 Å². The minimum Gasteiger partial charge on any atom is -0.478 e. The van der Waals surface area contributed by atoms with Crippen LogP contribution in [0, 0.1) is 17.1 Å². The average molecular weight is 353 g/mol. The van der Waals surface area contributed by atoms with E-state index in [0.29, 0.717) is 31.7 Å². The zero-order valence-corrected chi connectivity index (χ0v) is 13.9. The maximum absolute atomic E-state index is 13.8. The molecule has 0 radical (unpaired) electrons. The second-order valence-electron chi connectivity index (χ2n) is 5.94. The molecule has 1 heterocycles. The molecular weight excluding hydrogens is 337 g/mol. The summed E-state index contributed by atoms with van der Waals surface area (Å²) in [7, 11) is 0.